The van der Waals surface area contributed by atoms with E-state index in [9.17, 15) is 9.59 Å². The van der Waals surface area contributed by atoms with E-state index in [0.717, 1.165) is 19.3 Å². The molecule has 0 aliphatic heterocycles. The lowest BCUT2D eigenvalue weighted by molar-refractivity contribution is -0.124. The predicted octanol–water partition coefficient (Wildman–Crippen LogP) is 0.321. The monoisotopic (exact) mass is 263 g/mol. The van der Waals surface area contributed by atoms with Crippen molar-refractivity contribution >= 4 is 24.2 Å². The van der Waals surface area contributed by atoms with Gasteiger partial charge in [0.15, 0.2) is 0 Å². The lowest BCUT2D eigenvalue weighted by Gasteiger charge is -2.12. The smallest absolute Gasteiger partial charge is 0.240 e. The highest BCUT2D eigenvalue weighted by Gasteiger charge is 2.45. The molecule has 0 spiro atoms. The topological polar surface area (TPSA) is 84.2 Å². The van der Waals surface area contributed by atoms with Crippen molar-refractivity contribution in [3.63, 3.8) is 0 Å². The molecule has 0 radical (unpaired) electrons. The van der Waals surface area contributed by atoms with Gasteiger partial charge in [0.1, 0.15) is 0 Å². The number of carbonyl (C=O) groups is 2. The normalized spacial score (nSPS) is 17.6. The van der Waals surface area contributed by atoms with Crippen LogP contribution >= 0.6 is 12.4 Å². The molecule has 100 valence electrons. The van der Waals surface area contributed by atoms with Crippen molar-refractivity contribution in [3.8, 4) is 0 Å². The standard InChI is InChI=1S/C11H21N3O2.ClH/c1-3-8(2)14-9(15)4-7-13-10(16)11(12)5-6-11;/h8H,3-7,12H2,1-2H3,(H,13,16)(H,14,15);1H. The van der Waals surface area contributed by atoms with Gasteiger partial charge in [-0.2, -0.15) is 0 Å². The molecule has 1 atom stereocenters. The third-order valence-electron chi connectivity index (χ3n) is 2.90. The van der Waals surface area contributed by atoms with Crippen LogP contribution in [0.15, 0.2) is 0 Å². The van der Waals surface area contributed by atoms with E-state index >= 15 is 0 Å². The lowest BCUT2D eigenvalue weighted by Crippen LogP contribution is -2.44. The van der Waals surface area contributed by atoms with Crippen LogP contribution in [0.3, 0.4) is 0 Å². The van der Waals surface area contributed by atoms with Crippen molar-refractivity contribution in [2.75, 3.05) is 6.54 Å². The molecule has 4 N–H and O–H groups in total. The van der Waals surface area contributed by atoms with Crippen molar-refractivity contribution in [1.82, 2.24) is 10.6 Å². The van der Waals surface area contributed by atoms with Crippen LogP contribution in [0.25, 0.3) is 0 Å². The number of hydrogen-bond acceptors (Lipinski definition) is 3. The molecule has 1 fully saturated rings. The summed E-state index contributed by atoms with van der Waals surface area (Å²) in [7, 11) is 0. The summed E-state index contributed by atoms with van der Waals surface area (Å²) < 4.78 is 0. The lowest BCUT2D eigenvalue weighted by atomic mass is 10.2. The SMILES string of the molecule is CCC(C)NC(=O)CCNC(=O)C1(N)CC1.Cl. The highest BCUT2D eigenvalue weighted by atomic mass is 35.5. The van der Waals surface area contributed by atoms with Crippen LogP contribution in [-0.2, 0) is 9.59 Å². The van der Waals surface area contributed by atoms with Gasteiger partial charge in [0, 0.05) is 19.0 Å². The zero-order valence-corrected chi connectivity index (χ0v) is 11.2. The van der Waals surface area contributed by atoms with Crippen LogP contribution < -0.4 is 16.4 Å². The van der Waals surface area contributed by atoms with Crippen molar-refractivity contribution < 1.29 is 9.59 Å². The maximum atomic E-state index is 11.4. The maximum absolute atomic E-state index is 11.4. The number of rotatable bonds is 6. The number of halogens is 1. The minimum absolute atomic E-state index is 0. The van der Waals surface area contributed by atoms with Crippen LogP contribution in [0.5, 0.6) is 0 Å². The van der Waals surface area contributed by atoms with Gasteiger partial charge in [-0.1, -0.05) is 6.92 Å². The van der Waals surface area contributed by atoms with Crippen LogP contribution in [0.4, 0.5) is 0 Å². The molecule has 2 amide bonds. The largest absolute Gasteiger partial charge is 0.354 e. The average Bonchev–Trinajstić information content (AvgIpc) is 2.97. The average molecular weight is 264 g/mol. The third-order valence-corrected chi connectivity index (χ3v) is 2.90. The molecule has 5 nitrogen and oxygen atoms in total. The molecule has 0 saturated heterocycles. The van der Waals surface area contributed by atoms with E-state index in [2.05, 4.69) is 10.6 Å². The summed E-state index contributed by atoms with van der Waals surface area (Å²) in [5, 5.41) is 5.52. The van der Waals surface area contributed by atoms with E-state index in [1.165, 1.54) is 0 Å². The Hall–Kier alpha value is -0.810. The molecule has 1 rings (SSSR count). The quantitative estimate of drug-likeness (QED) is 0.645. The molecule has 1 aliphatic carbocycles. The summed E-state index contributed by atoms with van der Waals surface area (Å²) in [5.74, 6) is -0.166. The first-order valence-corrected chi connectivity index (χ1v) is 5.84. The Morgan fingerprint density at radius 2 is 2.00 bits per heavy atom. The van der Waals surface area contributed by atoms with Crippen molar-refractivity contribution in [3.05, 3.63) is 0 Å². The summed E-state index contributed by atoms with van der Waals surface area (Å²) >= 11 is 0. The molecular formula is C11H22ClN3O2. The van der Waals surface area contributed by atoms with Crippen LogP contribution in [0, 0.1) is 0 Å². The highest BCUT2D eigenvalue weighted by Crippen LogP contribution is 2.31. The first kappa shape index (κ1) is 16.2. The third kappa shape index (κ3) is 5.37. The van der Waals surface area contributed by atoms with E-state index in [1.54, 1.807) is 0 Å². The number of nitrogens with one attached hydrogen (secondary N) is 2. The Bertz CT molecular complexity index is 280. The van der Waals surface area contributed by atoms with Crippen molar-refractivity contribution in [2.24, 2.45) is 5.73 Å². The Labute approximate surface area is 108 Å². The highest BCUT2D eigenvalue weighted by molar-refractivity contribution is 5.89. The van der Waals surface area contributed by atoms with Crippen molar-refractivity contribution in [1.29, 1.82) is 0 Å². The fraction of sp³-hybridized carbons (Fsp3) is 0.818. The minimum Gasteiger partial charge on any atom is -0.354 e. The molecule has 1 aliphatic rings. The maximum Gasteiger partial charge on any atom is 0.240 e. The first-order chi connectivity index (χ1) is 7.48. The number of carbonyl (C=O) groups excluding carboxylic acids is 2. The number of hydrogen-bond donors (Lipinski definition) is 3. The van der Waals surface area contributed by atoms with E-state index in [0.29, 0.717) is 13.0 Å². The Morgan fingerprint density at radius 1 is 1.41 bits per heavy atom. The molecule has 17 heavy (non-hydrogen) atoms. The molecule has 0 aromatic carbocycles. The van der Waals surface area contributed by atoms with Gasteiger partial charge >= 0.3 is 0 Å². The second-order valence-corrected chi connectivity index (χ2v) is 4.54. The van der Waals surface area contributed by atoms with E-state index < -0.39 is 5.54 Å². The summed E-state index contributed by atoms with van der Waals surface area (Å²) in [6.45, 7) is 4.33. The zero-order chi connectivity index (χ0) is 12.2. The second kappa shape index (κ2) is 6.81. The Morgan fingerprint density at radius 3 is 2.47 bits per heavy atom. The second-order valence-electron chi connectivity index (χ2n) is 4.54. The molecule has 1 saturated carbocycles. The molecule has 0 bridgehead atoms. The van der Waals surface area contributed by atoms with Gasteiger partial charge in [-0.05, 0) is 26.2 Å². The summed E-state index contributed by atoms with van der Waals surface area (Å²) in [6.07, 6.45) is 2.71. The zero-order valence-electron chi connectivity index (χ0n) is 10.4. The molecule has 1 unspecified atom stereocenters. The van der Waals surface area contributed by atoms with Gasteiger partial charge in [-0.3, -0.25) is 9.59 Å². The Kier molecular flexibility index (Phi) is 6.49. The van der Waals surface area contributed by atoms with Gasteiger partial charge in [0.25, 0.3) is 0 Å². The number of amides is 2. The number of nitrogens with two attached hydrogens (primary N) is 1. The van der Waals surface area contributed by atoms with Crippen LogP contribution in [0.1, 0.15) is 39.5 Å². The molecule has 0 aromatic rings. The van der Waals surface area contributed by atoms with E-state index in [1.807, 2.05) is 13.8 Å². The van der Waals surface area contributed by atoms with E-state index in [-0.39, 0.29) is 30.3 Å². The minimum atomic E-state index is -0.646. The summed E-state index contributed by atoms with van der Waals surface area (Å²) in [6, 6.07) is 0.187. The Balaban J connectivity index is 0.00000256. The molecule has 0 aromatic heterocycles. The molecule has 0 heterocycles. The fourth-order valence-corrected chi connectivity index (χ4v) is 1.28. The van der Waals surface area contributed by atoms with Crippen LogP contribution in [0.2, 0.25) is 0 Å². The fourth-order valence-electron chi connectivity index (χ4n) is 1.28. The molecule has 6 heteroatoms. The van der Waals surface area contributed by atoms with Gasteiger partial charge in [-0.15, -0.1) is 12.4 Å². The van der Waals surface area contributed by atoms with Gasteiger partial charge < -0.3 is 16.4 Å². The van der Waals surface area contributed by atoms with Crippen molar-refractivity contribution in [2.45, 2.75) is 51.1 Å². The first-order valence-electron chi connectivity index (χ1n) is 5.84. The van der Waals surface area contributed by atoms with Gasteiger partial charge in [0.05, 0.1) is 5.54 Å². The predicted molar refractivity (Wildman–Crippen MR) is 68.9 cm³/mol. The molecular weight excluding hydrogens is 242 g/mol. The summed E-state index contributed by atoms with van der Waals surface area (Å²) in [5.41, 5.74) is 5.05. The van der Waals surface area contributed by atoms with Crippen LogP contribution in [-0.4, -0.2) is 29.9 Å². The summed E-state index contributed by atoms with van der Waals surface area (Å²) in [4.78, 5) is 22.8. The van der Waals surface area contributed by atoms with E-state index in [4.69, 9.17) is 5.73 Å². The van der Waals surface area contributed by atoms with Gasteiger partial charge in [-0.25, -0.2) is 0 Å². The van der Waals surface area contributed by atoms with Gasteiger partial charge in [0.2, 0.25) is 11.8 Å².